The maximum atomic E-state index is 13.0. The molecular weight excluding hydrogens is 495 g/mol. The lowest BCUT2D eigenvalue weighted by Gasteiger charge is -2.11. The van der Waals surface area contributed by atoms with E-state index in [4.69, 9.17) is 11.2 Å². The zero-order valence-corrected chi connectivity index (χ0v) is 17.5. The smallest absolute Gasteiger partial charge is 0.329 e. The Labute approximate surface area is 177 Å². The zero-order valence-electron chi connectivity index (χ0n) is 14.3. The summed E-state index contributed by atoms with van der Waals surface area (Å²) in [4.78, 5) is 25.8. The molecule has 0 radical (unpaired) electrons. The van der Waals surface area contributed by atoms with Gasteiger partial charge in [-0.25, -0.2) is 9.18 Å². The Bertz CT molecular complexity index is 990. The fourth-order valence-corrected chi connectivity index (χ4v) is 4.02. The van der Waals surface area contributed by atoms with Gasteiger partial charge in [0, 0.05) is 0 Å². The van der Waals surface area contributed by atoms with Gasteiger partial charge >= 0.3 is 6.03 Å². The molecule has 0 bridgehead atoms. The fourth-order valence-electron chi connectivity index (χ4n) is 2.57. The average molecular weight is 508 g/mol. The highest BCUT2D eigenvalue weighted by Gasteiger charge is 2.33. The summed E-state index contributed by atoms with van der Waals surface area (Å²) in [5.41, 5.74) is 1.45. The van der Waals surface area contributed by atoms with E-state index in [0.717, 1.165) is 4.90 Å². The van der Waals surface area contributed by atoms with Gasteiger partial charge in [-0.05, 0) is 73.3 Å². The second-order valence-corrected chi connectivity index (χ2v) is 7.52. The molecular formula is C20H13Br2FN2O3. The molecule has 0 atom stereocenters. The average Bonchev–Trinajstić information content (AvgIpc) is 2.90. The molecule has 0 aliphatic carbocycles. The van der Waals surface area contributed by atoms with Crippen LogP contribution in [0.4, 0.5) is 9.18 Å². The molecule has 1 saturated heterocycles. The van der Waals surface area contributed by atoms with E-state index in [1.54, 1.807) is 18.2 Å². The predicted molar refractivity (Wildman–Crippen MR) is 110 cm³/mol. The molecule has 5 nitrogen and oxygen atoms in total. The number of hydrogen-bond donors (Lipinski definition) is 1. The maximum absolute atomic E-state index is 13.0. The van der Waals surface area contributed by atoms with Crippen molar-refractivity contribution >= 4 is 49.9 Å². The summed E-state index contributed by atoms with van der Waals surface area (Å²) in [6, 6.07) is 8.57. The first-order valence-electron chi connectivity index (χ1n) is 8.03. The minimum Gasteiger partial charge on any atom is -0.479 e. The fraction of sp³-hybridized carbons (Fsp3) is 0.100. The lowest BCUT2D eigenvalue weighted by Crippen LogP contribution is -2.30. The predicted octanol–water partition coefficient (Wildman–Crippen LogP) is 4.46. The molecule has 1 aliphatic rings. The van der Waals surface area contributed by atoms with Crippen molar-refractivity contribution in [2.45, 2.75) is 6.54 Å². The number of urea groups is 1. The topological polar surface area (TPSA) is 58.6 Å². The number of imide groups is 1. The molecule has 142 valence electrons. The van der Waals surface area contributed by atoms with Gasteiger partial charge in [-0.15, -0.1) is 6.42 Å². The number of hydrogen-bond acceptors (Lipinski definition) is 3. The second kappa shape index (κ2) is 8.59. The Morgan fingerprint density at radius 3 is 2.43 bits per heavy atom. The largest absolute Gasteiger partial charge is 0.479 e. The van der Waals surface area contributed by atoms with Gasteiger partial charge in [0.25, 0.3) is 5.91 Å². The van der Waals surface area contributed by atoms with E-state index in [0.29, 0.717) is 25.8 Å². The molecule has 28 heavy (non-hydrogen) atoms. The Hall–Kier alpha value is -2.63. The van der Waals surface area contributed by atoms with E-state index in [-0.39, 0.29) is 24.7 Å². The number of nitrogens with zero attached hydrogens (tertiary/aromatic N) is 1. The summed E-state index contributed by atoms with van der Waals surface area (Å²) < 4.78 is 19.8. The van der Waals surface area contributed by atoms with Crippen LogP contribution in [-0.4, -0.2) is 23.4 Å². The van der Waals surface area contributed by atoms with Crippen molar-refractivity contribution in [2.75, 3.05) is 6.61 Å². The number of terminal acetylenes is 1. The van der Waals surface area contributed by atoms with Crippen molar-refractivity contribution in [3.05, 3.63) is 68.0 Å². The Kier molecular flexibility index (Phi) is 6.17. The number of benzene rings is 2. The van der Waals surface area contributed by atoms with Crippen molar-refractivity contribution < 1.29 is 18.7 Å². The summed E-state index contributed by atoms with van der Waals surface area (Å²) in [6.45, 7) is 0.166. The van der Waals surface area contributed by atoms with E-state index in [1.807, 2.05) is 0 Å². The van der Waals surface area contributed by atoms with Crippen molar-refractivity contribution in [3.63, 3.8) is 0 Å². The first kappa shape index (κ1) is 20.1. The SMILES string of the molecule is C#CCOc1c(Br)cc(/C=C2/NC(=O)N(Cc3ccc(F)cc3)C2=O)cc1Br. The van der Waals surface area contributed by atoms with Crippen LogP contribution >= 0.6 is 31.9 Å². The van der Waals surface area contributed by atoms with Gasteiger partial charge < -0.3 is 10.1 Å². The molecule has 1 aliphatic heterocycles. The van der Waals surface area contributed by atoms with Gasteiger partial charge in [0.2, 0.25) is 0 Å². The lowest BCUT2D eigenvalue weighted by molar-refractivity contribution is -0.123. The highest BCUT2D eigenvalue weighted by molar-refractivity contribution is 9.11. The molecule has 0 aromatic heterocycles. The Balaban J connectivity index is 1.81. The molecule has 3 rings (SSSR count). The first-order chi connectivity index (χ1) is 13.4. The summed E-state index contributed by atoms with van der Waals surface area (Å²) in [6.07, 6.45) is 6.76. The summed E-state index contributed by atoms with van der Waals surface area (Å²) in [5, 5.41) is 2.56. The van der Waals surface area contributed by atoms with Crippen LogP contribution in [0, 0.1) is 18.2 Å². The summed E-state index contributed by atoms with van der Waals surface area (Å²) in [7, 11) is 0. The molecule has 0 saturated carbocycles. The van der Waals surface area contributed by atoms with Crippen LogP contribution in [-0.2, 0) is 11.3 Å². The van der Waals surface area contributed by atoms with Gasteiger partial charge in [0.05, 0.1) is 15.5 Å². The highest BCUT2D eigenvalue weighted by Crippen LogP contribution is 2.35. The molecule has 2 aromatic carbocycles. The third kappa shape index (κ3) is 4.43. The molecule has 3 amide bonds. The third-order valence-electron chi connectivity index (χ3n) is 3.85. The number of ether oxygens (including phenoxy) is 1. The molecule has 2 aromatic rings. The van der Waals surface area contributed by atoms with Crippen molar-refractivity contribution in [1.82, 2.24) is 10.2 Å². The Morgan fingerprint density at radius 1 is 1.18 bits per heavy atom. The molecule has 1 heterocycles. The van der Waals surface area contributed by atoms with Crippen LogP contribution in [0.3, 0.4) is 0 Å². The van der Waals surface area contributed by atoms with E-state index < -0.39 is 11.9 Å². The monoisotopic (exact) mass is 506 g/mol. The summed E-state index contributed by atoms with van der Waals surface area (Å²) >= 11 is 6.80. The van der Waals surface area contributed by atoms with Gasteiger partial charge in [-0.2, -0.15) is 0 Å². The number of rotatable bonds is 5. The van der Waals surface area contributed by atoms with Crippen LogP contribution in [0.15, 0.2) is 51.0 Å². The van der Waals surface area contributed by atoms with E-state index in [2.05, 4.69) is 43.1 Å². The number of amides is 3. The number of carbonyl (C=O) groups is 2. The normalized spacial score (nSPS) is 14.9. The van der Waals surface area contributed by atoms with Crippen LogP contribution in [0.1, 0.15) is 11.1 Å². The molecule has 0 unspecified atom stereocenters. The number of halogens is 3. The van der Waals surface area contributed by atoms with Crippen LogP contribution < -0.4 is 10.1 Å². The van der Waals surface area contributed by atoms with Gasteiger partial charge in [-0.3, -0.25) is 9.69 Å². The Morgan fingerprint density at radius 2 is 1.82 bits per heavy atom. The van der Waals surface area contributed by atoms with Crippen LogP contribution in [0.5, 0.6) is 5.75 Å². The van der Waals surface area contributed by atoms with Crippen LogP contribution in [0.25, 0.3) is 6.08 Å². The van der Waals surface area contributed by atoms with E-state index in [9.17, 15) is 14.0 Å². The highest BCUT2D eigenvalue weighted by atomic mass is 79.9. The van der Waals surface area contributed by atoms with Crippen molar-refractivity contribution in [3.8, 4) is 18.1 Å². The maximum Gasteiger partial charge on any atom is 0.329 e. The second-order valence-electron chi connectivity index (χ2n) is 5.81. The molecule has 1 N–H and O–H groups in total. The first-order valence-corrected chi connectivity index (χ1v) is 9.62. The standard InChI is InChI=1S/C20H13Br2FN2O3/c1-2-7-28-18-15(21)8-13(9-16(18)22)10-17-19(26)25(20(27)24-17)11-12-3-5-14(23)6-4-12/h1,3-6,8-10H,7,11H2,(H,24,27)/b17-10+. The minimum atomic E-state index is -0.535. The molecule has 1 fully saturated rings. The quantitative estimate of drug-likeness (QED) is 0.369. The molecule has 8 heteroatoms. The third-order valence-corrected chi connectivity index (χ3v) is 5.03. The number of nitrogens with one attached hydrogen (secondary N) is 1. The van der Waals surface area contributed by atoms with Gasteiger partial charge in [-0.1, -0.05) is 18.1 Å². The summed E-state index contributed by atoms with van der Waals surface area (Å²) in [5.74, 6) is 2.08. The van der Waals surface area contributed by atoms with E-state index in [1.165, 1.54) is 24.3 Å². The number of carbonyl (C=O) groups excluding carboxylic acids is 2. The van der Waals surface area contributed by atoms with Crippen molar-refractivity contribution in [1.29, 1.82) is 0 Å². The van der Waals surface area contributed by atoms with Gasteiger partial charge in [0.15, 0.2) is 0 Å². The van der Waals surface area contributed by atoms with E-state index >= 15 is 0 Å². The van der Waals surface area contributed by atoms with Crippen molar-refractivity contribution in [2.24, 2.45) is 0 Å². The lowest BCUT2D eigenvalue weighted by atomic mass is 10.1. The minimum absolute atomic E-state index is 0.0501. The van der Waals surface area contributed by atoms with Gasteiger partial charge in [0.1, 0.15) is 23.9 Å². The molecule has 0 spiro atoms. The zero-order chi connectivity index (χ0) is 20.3. The van der Waals surface area contributed by atoms with Crippen LogP contribution in [0.2, 0.25) is 0 Å².